The highest BCUT2D eigenvalue weighted by atomic mass is 35.5. The van der Waals surface area contributed by atoms with Crippen molar-refractivity contribution in [1.82, 2.24) is 15.1 Å². The number of nitrogens with zero attached hydrogens (tertiary/aromatic N) is 2. The van der Waals surface area contributed by atoms with Crippen LogP contribution in [0.25, 0.3) is 0 Å². The van der Waals surface area contributed by atoms with E-state index in [9.17, 15) is 4.79 Å². The molecule has 0 aliphatic rings. The number of rotatable bonds is 5. The van der Waals surface area contributed by atoms with Crippen LogP contribution in [-0.4, -0.2) is 22.2 Å². The summed E-state index contributed by atoms with van der Waals surface area (Å²) in [5, 5.41) is 8.00. The van der Waals surface area contributed by atoms with E-state index in [4.69, 9.17) is 11.6 Å². The Kier molecular flexibility index (Phi) is 5.02. The second-order valence-electron chi connectivity index (χ2n) is 5.18. The van der Waals surface area contributed by atoms with Crippen LogP contribution in [0.5, 0.6) is 0 Å². The number of halogens is 1. The third-order valence-corrected chi connectivity index (χ3v) is 3.90. The normalized spacial score (nSPS) is 10.7. The Morgan fingerprint density at radius 2 is 1.95 bits per heavy atom. The van der Waals surface area contributed by atoms with Gasteiger partial charge < -0.3 is 5.32 Å². The summed E-state index contributed by atoms with van der Waals surface area (Å²) < 4.78 is 1.81. The standard InChI is InChI=1S/C16H20ClN3O/c1-11-15(12(2)20(3)19-11)10-16(21)18-9-8-13-4-6-14(17)7-5-13/h4-7H,8-10H2,1-3H3,(H,18,21). The van der Waals surface area contributed by atoms with Crippen LogP contribution in [0.1, 0.15) is 22.5 Å². The molecule has 0 aliphatic heterocycles. The molecule has 5 heteroatoms. The Labute approximate surface area is 130 Å². The molecule has 0 unspecified atom stereocenters. The minimum atomic E-state index is 0.0307. The average molecular weight is 306 g/mol. The van der Waals surface area contributed by atoms with Gasteiger partial charge in [-0.1, -0.05) is 23.7 Å². The van der Waals surface area contributed by atoms with Gasteiger partial charge in [-0.3, -0.25) is 9.48 Å². The summed E-state index contributed by atoms with van der Waals surface area (Å²) in [5.41, 5.74) is 4.14. The van der Waals surface area contributed by atoms with Crippen molar-refractivity contribution in [1.29, 1.82) is 0 Å². The first kappa shape index (κ1) is 15.6. The number of aromatic nitrogens is 2. The number of hydrogen-bond acceptors (Lipinski definition) is 2. The summed E-state index contributed by atoms with van der Waals surface area (Å²) in [7, 11) is 1.89. The largest absolute Gasteiger partial charge is 0.355 e. The Morgan fingerprint density at radius 3 is 2.52 bits per heavy atom. The van der Waals surface area contributed by atoms with Gasteiger partial charge in [0.15, 0.2) is 0 Å². The smallest absolute Gasteiger partial charge is 0.224 e. The Bertz CT molecular complexity index is 632. The Morgan fingerprint density at radius 1 is 1.29 bits per heavy atom. The molecule has 2 aromatic rings. The number of nitrogens with one attached hydrogen (secondary N) is 1. The van der Waals surface area contributed by atoms with Crippen LogP contribution in [0.2, 0.25) is 5.02 Å². The third kappa shape index (κ3) is 4.08. The van der Waals surface area contributed by atoms with E-state index in [0.29, 0.717) is 13.0 Å². The van der Waals surface area contributed by atoms with E-state index >= 15 is 0 Å². The van der Waals surface area contributed by atoms with Gasteiger partial charge in [0.25, 0.3) is 0 Å². The van der Waals surface area contributed by atoms with E-state index in [0.717, 1.165) is 34.0 Å². The van der Waals surface area contributed by atoms with E-state index in [2.05, 4.69) is 10.4 Å². The lowest BCUT2D eigenvalue weighted by molar-refractivity contribution is -0.120. The molecule has 1 aromatic carbocycles. The lowest BCUT2D eigenvalue weighted by atomic mass is 10.1. The van der Waals surface area contributed by atoms with Crippen LogP contribution in [0.15, 0.2) is 24.3 Å². The maximum atomic E-state index is 12.0. The van der Waals surface area contributed by atoms with Crippen molar-refractivity contribution < 1.29 is 4.79 Å². The van der Waals surface area contributed by atoms with Crippen LogP contribution in [-0.2, 0) is 24.7 Å². The summed E-state index contributed by atoms with van der Waals surface area (Å²) in [6, 6.07) is 7.68. The predicted octanol–water partition coefficient (Wildman–Crippen LogP) is 2.59. The first-order valence-electron chi connectivity index (χ1n) is 6.97. The van der Waals surface area contributed by atoms with E-state index in [1.54, 1.807) is 0 Å². The lowest BCUT2D eigenvalue weighted by Gasteiger charge is -2.06. The molecule has 0 saturated carbocycles. The molecule has 0 fully saturated rings. The molecule has 1 N–H and O–H groups in total. The molecule has 2 rings (SSSR count). The third-order valence-electron chi connectivity index (χ3n) is 3.65. The summed E-state index contributed by atoms with van der Waals surface area (Å²) >= 11 is 5.84. The molecule has 0 bridgehead atoms. The zero-order valence-corrected chi connectivity index (χ0v) is 13.4. The van der Waals surface area contributed by atoms with Gasteiger partial charge in [0.05, 0.1) is 12.1 Å². The number of amides is 1. The molecule has 112 valence electrons. The molecule has 0 spiro atoms. The molecular weight excluding hydrogens is 286 g/mol. The molecule has 1 aromatic heterocycles. The highest BCUT2D eigenvalue weighted by molar-refractivity contribution is 6.30. The fraction of sp³-hybridized carbons (Fsp3) is 0.375. The van der Waals surface area contributed by atoms with Gasteiger partial charge in [0.1, 0.15) is 0 Å². The van der Waals surface area contributed by atoms with Crippen molar-refractivity contribution in [2.75, 3.05) is 6.54 Å². The lowest BCUT2D eigenvalue weighted by Crippen LogP contribution is -2.27. The molecule has 0 atom stereocenters. The van der Waals surface area contributed by atoms with Gasteiger partial charge in [-0.05, 0) is 38.0 Å². The molecule has 4 nitrogen and oxygen atoms in total. The van der Waals surface area contributed by atoms with E-state index in [1.807, 2.05) is 49.8 Å². The Hall–Kier alpha value is -1.81. The molecule has 1 amide bonds. The molecule has 21 heavy (non-hydrogen) atoms. The Balaban J connectivity index is 1.83. The highest BCUT2D eigenvalue weighted by Crippen LogP contribution is 2.12. The zero-order valence-electron chi connectivity index (χ0n) is 12.6. The van der Waals surface area contributed by atoms with Crippen molar-refractivity contribution in [3.63, 3.8) is 0 Å². The fourth-order valence-corrected chi connectivity index (χ4v) is 2.42. The van der Waals surface area contributed by atoms with Crippen LogP contribution >= 0.6 is 11.6 Å². The molecule has 0 saturated heterocycles. The summed E-state index contributed by atoms with van der Waals surface area (Å²) in [6.45, 7) is 4.54. The molecule has 1 heterocycles. The molecule has 0 aliphatic carbocycles. The van der Waals surface area contributed by atoms with Crippen molar-refractivity contribution in [2.24, 2.45) is 7.05 Å². The van der Waals surface area contributed by atoms with Gasteiger partial charge in [0, 0.05) is 29.9 Å². The molecular formula is C16H20ClN3O. The van der Waals surface area contributed by atoms with E-state index < -0.39 is 0 Å². The van der Waals surface area contributed by atoms with Gasteiger partial charge >= 0.3 is 0 Å². The molecule has 0 radical (unpaired) electrons. The monoisotopic (exact) mass is 305 g/mol. The first-order chi connectivity index (χ1) is 9.97. The van der Waals surface area contributed by atoms with E-state index in [1.165, 1.54) is 0 Å². The summed E-state index contributed by atoms with van der Waals surface area (Å²) in [4.78, 5) is 12.0. The van der Waals surface area contributed by atoms with Crippen molar-refractivity contribution in [3.8, 4) is 0 Å². The number of carbonyl (C=O) groups is 1. The zero-order chi connectivity index (χ0) is 15.4. The van der Waals surface area contributed by atoms with E-state index in [-0.39, 0.29) is 5.91 Å². The van der Waals surface area contributed by atoms with Gasteiger partial charge in [-0.2, -0.15) is 5.10 Å². The minimum absolute atomic E-state index is 0.0307. The minimum Gasteiger partial charge on any atom is -0.355 e. The number of hydrogen-bond donors (Lipinski definition) is 1. The van der Waals surface area contributed by atoms with Gasteiger partial charge in [0.2, 0.25) is 5.91 Å². The van der Waals surface area contributed by atoms with Gasteiger partial charge in [-0.25, -0.2) is 0 Å². The number of benzene rings is 1. The van der Waals surface area contributed by atoms with Crippen molar-refractivity contribution in [3.05, 3.63) is 51.8 Å². The quantitative estimate of drug-likeness (QED) is 0.923. The summed E-state index contributed by atoms with van der Waals surface area (Å²) in [6.07, 6.45) is 1.18. The van der Waals surface area contributed by atoms with Crippen molar-refractivity contribution in [2.45, 2.75) is 26.7 Å². The average Bonchev–Trinajstić information content (AvgIpc) is 2.68. The predicted molar refractivity (Wildman–Crippen MR) is 84.6 cm³/mol. The van der Waals surface area contributed by atoms with Crippen molar-refractivity contribution >= 4 is 17.5 Å². The topological polar surface area (TPSA) is 46.9 Å². The maximum absolute atomic E-state index is 12.0. The number of carbonyl (C=O) groups excluding carboxylic acids is 1. The first-order valence-corrected chi connectivity index (χ1v) is 7.35. The van der Waals surface area contributed by atoms with Crippen LogP contribution in [0.3, 0.4) is 0 Å². The van der Waals surface area contributed by atoms with Crippen LogP contribution in [0.4, 0.5) is 0 Å². The second-order valence-corrected chi connectivity index (χ2v) is 5.61. The second kappa shape index (κ2) is 6.76. The highest BCUT2D eigenvalue weighted by Gasteiger charge is 2.12. The van der Waals surface area contributed by atoms with Gasteiger partial charge in [-0.15, -0.1) is 0 Å². The SMILES string of the molecule is Cc1nn(C)c(C)c1CC(=O)NCCc1ccc(Cl)cc1. The maximum Gasteiger partial charge on any atom is 0.224 e. The van der Waals surface area contributed by atoms with Crippen LogP contribution < -0.4 is 5.32 Å². The fourth-order valence-electron chi connectivity index (χ4n) is 2.29. The van der Waals surface area contributed by atoms with Crippen LogP contribution in [0, 0.1) is 13.8 Å². The number of aryl methyl sites for hydroxylation is 2. The summed E-state index contributed by atoms with van der Waals surface area (Å²) in [5.74, 6) is 0.0307.